The van der Waals surface area contributed by atoms with Crippen LogP contribution in [0.4, 0.5) is 4.39 Å². The second-order valence-corrected chi connectivity index (χ2v) is 7.07. The molecular weight excluding hydrogens is 305 g/mol. The summed E-state index contributed by atoms with van der Waals surface area (Å²) in [6, 6.07) is 10.6. The smallest absolute Gasteiger partial charge is 0.243 e. The van der Waals surface area contributed by atoms with Crippen molar-refractivity contribution in [3.05, 3.63) is 59.4 Å². The summed E-state index contributed by atoms with van der Waals surface area (Å²) in [4.78, 5) is 0.185. The Morgan fingerprint density at radius 3 is 2.50 bits per heavy atom. The lowest BCUT2D eigenvalue weighted by molar-refractivity contribution is 0.411. The number of methoxy groups -OCH3 is 1. The number of hydrogen-bond acceptors (Lipinski definition) is 3. The fourth-order valence-corrected chi connectivity index (χ4v) is 3.41. The van der Waals surface area contributed by atoms with Gasteiger partial charge in [-0.05, 0) is 48.4 Å². The average molecular weight is 323 g/mol. The fourth-order valence-electron chi connectivity index (χ4n) is 2.17. The van der Waals surface area contributed by atoms with Crippen LogP contribution in [-0.2, 0) is 16.6 Å². The minimum Gasteiger partial charge on any atom is -0.496 e. The SMILES string of the molecule is COc1ccc(S(=O)(=O)N(C)Cc2cccc(F)c2)cc1C. The van der Waals surface area contributed by atoms with E-state index >= 15 is 0 Å². The number of nitrogens with zero attached hydrogens (tertiary/aromatic N) is 1. The average Bonchev–Trinajstić information content (AvgIpc) is 2.47. The molecule has 0 N–H and O–H groups in total. The van der Waals surface area contributed by atoms with Gasteiger partial charge >= 0.3 is 0 Å². The van der Waals surface area contributed by atoms with Crippen molar-refractivity contribution in [1.82, 2.24) is 4.31 Å². The van der Waals surface area contributed by atoms with Crippen LogP contribution >= 0.6 is 0 Å². The maximum Gasteiger partial charge on any atom is 0.243 e. The molecule has 2 rings (SSSR count). The molecule has 0 aromatic heterocycles. The van der Waals surface area contributed by atoms with E-state index in [-0.39, 0.29) is 17.3 Å². The molecule has 0 bridgehead atoms. The van der Waals surface area contributed by atoms with E-state index in [9.17, 15) is 12.8 Å². The van der Waals surface area contributed by atoms with Gasteiger partial charge in [0.05, 0.1) is 12.0 Å². The van der Waals surface area contributed by atoms with Crippen molar-refractivity contribution in [2.45, 2.75) is 18.4 Å². The first-order chi connectivity index (χ1) is 10.3. The van der Waals surface area contributed by atoms with Crippen LogP contribution in [0.3, 0.4) is 0 Å². The predicted octanol–water partition coefficient (Wildman–Crippen LogP) is 2.96. The van der Waals surface area contributed by atoms with Gasteiger partial charge in [-0.3, -0.25) is 0 Å². The Morgan fingerprint density at radius 1 is 1.18 bits per heavy atom. The van der Waals surface area contributed by atoms with Crippen LogP contribution < -0.4 is 4.74 Å². The first-order valence-electron chi connectivity index (χ1n) is 6.70. The quantitative estimate of drug-likeness (QED) is 0.850. The summed E-state index contributed by atoms with van der Waals surface area (Å²) in [7, 11) is -0.636. The molecule has 0 aliphatic carbocycles. The summed E-state index contributed by atoms with van der Waals surface area (Å²) >= 11 is 0. The van der Waals surface area contributed by atoms with Crippen molar-refractivity contribution in [2.24, 2.45) is 0 Å². The lowest BCUT2D eigenvalue weighted by atomic mass is 10.2. The maximum atomic E-state index is 13.2. The summed E-state index contributed by atoms with van der Waals surface area (Å²) in [6.07, 6.45) is 0. The highest BCUT2D eigenvalue weighted by molar-refractivity contribution is 7.89. The second-order valence-electron chi connectivity index (χ2n) is 5.02. The van der Waals surface area contributed by atoms with Gasteiger partial charge in [-0.2, -0.15) is 4.31 Å². The number of sulfonamides is 1. The van der Waals surface area contributed by atoms with Crippen LogP contribution in [0, 0.1) is 12.7 Å². The summed E-state index contributed by atoms with van der Waals surface area (Å²) in [5.41, 5.74) is 1.33. The van der Waals surface area contributed by atoms with E-state index in [1.54, 1.807) is 31.2 Å². The Morgan fingerprint density at radius 2 is 1.91 bits per heavy atom. The summed E-state index contributed by atoms with van der Waals surface area (Å²) in [5.74, 6) is 0.246. The lowest BCUT2D eigenvalue weighted by Gasteiger charge is -2.18. The minimum absolute atomic E-state index is 0.102. The maximum absolute atomic E-state index is 13.2. The standard InChI is InChI=1S/C16H18FNO3S/c1-12-9-15(7-8-16(12)21-3)22(19,20)18(2)11-13-5-4-6-14(17)10-13/h4-10H,11H2,1-3H3. The van der Waals surface area contributed by atoms with E-state index in [1.165, 1.54) is 36.7 Å². The third-order valence-corrected chi connectivity index (χ3v) is 5.17. The molecule has 0 saturated heterocycles. The zero-order valence-corrected chi connectivity index (χ0v) is 13.5. The molecular formula is C16H18FNO3S. The monoisotopic (exact) mass is 323 g/mol. The van der Waals surface area contributed by atoms with Crippen molar-refractivity contribution in [3.63, 3.8) is 0 Å². The van der Waals surface area contributed by atoms with E-state index in [2.05, 4.69) is 0 Å². The van der Waals surface area contributed by atoms with Crippen LogP contribution in [0.1, 0.15) is 11.1 Å². The topological polar surface area (TPSA) is 46.6 Å². The molecule has 4 nitrogen and oxygen atoms in total. The van der Waals surface area contributed by atoms with Crippen LogP contribution in [0.15, 0.2) is 47.4 Å². The Labute approximate surface area is 130 Å². The van der Waals surface area contributed by atoms with Crippen molar-refractivity contribution >= 4 is 10.0 Å². The Bertz CT molecular complexity index is 775. The van der Waals surface area contributed by atoms with Gasteiger partial charge in [0.2, 0.25) is 10.0 Å². The zero-order valence-electron chi connectivity index (χ0n) is 12.7. The van der Waals surface area contributed by atoms with Gasteiger partial charge in [0.15, 0.2) is 0 Å². The molecule has 0 radical (unpaired) electrons. The highest BCUT2D eigenvalue weighted by Gasteiger charge is 2.21. The van der Waals surface area contributed by atoms with Crippen LogP contribution in [0.25, 0.3) is 0 Å². The first-order valence-corrected chi connectivity index (χ1v) is 8.14. The van der Waals surface area contributed by atoms with Crippen molar-refractivity contribution in [1.29, 1.82) is 0 Å². The fraction of sp³-hybridized carbons (Fsp3) is 0.250. The number of hydrogen-bond donors (Lipinski definition) is 0. The van der Waals surface area contributed by atoms with E-state index in [1.807, 2.05) is 0 Å². The molecule has 0 spiro atoms. The number of aryl methyl sites for hydroxylation is 1. The second kappa shape index (κ2) is 6.46. The number of rotatable bonds is 5. The summed E-state index contributed by atoms with van der Waals surface area (Å²) in [5, 5.41) is 0. The minimum atomic E-state index is -3.64. The highest BCUT2D eigenvalue weighted by Crippen LogP contribution is 2.24. The van der Waals surface area contributed by atoms with E-state index < -0.39 is 10.0 Å². The Hall–Kier alpha value is -1.92. The van der Waals surface area contributed by atoms with Crippen LogP contribution in [0.2, 0.25) is 0 Å². The molecule has 0 heterocycles. The largest absolute Gasteiger partial charge is 0.496 e. The van der Waals surface area contributed by atoms with Gasteiger partial charge in [-0.1, -0.05) is 12.1 Å². The molecule has 0 amide bonds. The lowest BCUT2D eigenvalue weighted by Crippen LogP contribution is -2.26. The predicted molar refractivity (Wildman–Crippen MR) is 82.8 cm³/mol. The first kappa shape index (κ1) is 16.5. The van der Waals surface area contributed by atoms with Crippen LogP contribution in [0.5, 0.6) is 5.75 Å². The zero-order chi connectivity index (χ0) is 16.3. The number of ether oxygens (including phenoxy) is 1. The Kier molecular flexibility index (Phi) is 4.83. The van der Waals surface area contributed by atoms with Gasteiger partial charge in [0, 0.05) is 13.6 Å². The summed E-state index contributed by atoms with van der Waals surface area (Å²) in [6.45, 7) is 1.88. The summed E-state index contributed by atoms with van der Waals surface area (Å²) < 4.78 is 44.7. The van der Waals surface area contributed by atoms with E-state index in [0.717, 1.165) is 5.56 Å². The normalized spacial score (nSPS) is 11.7. The Balaban J connectivity index is 2.27. The number of benzene rings is 2. The van der Waals surface area contributed by atoms with Crippen molar-refractivity contribution in [3.8, 4) is 5.75 Å². The molecule has 6 heteroatoms. The van der Waals surface area contributed by atoms with Gasteiger partial charge in [-0.15, -0.1) is 0 Å². The van der Waals surface area contributed by atoms with Gasteiger partial charge in [-0.25, -0.2) is 12.8 Å². The van der Waals surface area contributed by atoms with Gasteiger partial charge in [0.1, 0.15) is 11.6 Å². The third kappa shape index (κ3) is 3.45. The highest BCUT2D eigenvalue weighted by atomic mass is 32.2. The molecule has 0 unspecified atom stereocenters. The molecule has 0 saturated carbocycles. The van der Waals surface area contributed by atoms with Gasteiger partial charge < -0.3 is 4.74 Å². The van der Waals surface area contributed by atoms with Crippen molar-refractivity contribution < 1.29 is 17.5 Å². The van der Waals surface area contributed by atoms with E-state index in [4.69, 9.17) is 4.74 Å². The number of halogens is 1. The molecule has 2 aromatic carbocycles. The molecule has 118 valence electrons. The van der Waals surface area contributed by atoms with Gasteiger partial charge in [0.25, 0.3) is 0 Å². The molecule has 0 atom stereocenters. The molecule has 0 aliphatic heterocycles. The van der Waals surface area contributed by atoms with Crippen LogP contribution in [-0.4, -0.2) is 26.9 Å². The van der Waals surface area contributed by atoms with Crippen molar-refractivity contribution in [2.75, 3.05) is 14.2 Å². The van der Waals surface area contributed by atoms with E-state index in [0.29, 0.717) is 11.3 Å². The molecule has 0 fully saturated rings. The third-order valence-electron chi connectivity index (χ3n) is 3.37. The molecule has 0 aliphatic rings. The molecule has 22 heavy (non-hydrogen) atoms. The molecule has 2 aromatic rings.